The van der Waals surface area contributed by atoms with E-state index in [9.17, 15) is 14.7 Å². The number of carboxylic acid groups (broad SMARTS) is 1. The first-order chi connectivity index (χ1) is 10.1. The van der Waals surface area contributed by atoms with Crippen molar-refractivity contribution in [2.45, 2.75) is 25.3 Å². The molecular formula is C16H20N2O3. The average Bonchev–Trinajstić information content (AvgIpc) is 3.28. The van der Waals surface area contributed by atoms with Crippen LogP contribution in [0.3, 0.4) is 0 Å². The van der Waals surface area contributed by atoms with Crippen LogP contribution < -0.4 is 5.32 Å². The fourth-order valence-corrected chi connectivity index (χ4v) is 2.85. The second-order valence-electron chi connectivity index (χ2n) is 6.01. The number of hydrogen-bond donors (Lipinski definition) is 2. The van der Waals surface area contributed by atoms with Gasteiger partial charge in [-0.15, -0.1) is 0 Å². The third kappa shape index (κ3) is 3.42. The smallest absolute Gasteiger partial charge is 0.312 e. The van der Waals surface area contributed by atoms with E-state index in [2.05, 4.69) is 5.32 Å². The largest absolute Gasteiger partial charge is 0.481 e. The highest BCUT2D eigenvalue weighted by Crippen LogP contribution is 2.29. The fraction of sp³-hybridized carbons (Fsp3) is 0.500. The Labute approximate surface area is 123 Å². The van der Waals surface area contributed by atoms with Gasteiger partial charge in [0.05, 0.1) is 12.5 Å². The number of carboxylic acids is 1. The van der Waals surface area contributed by atoms with E-state index < -0.39 is 11.9 Å². The van der Waals surface area contributed by atoms with Crippen LogP contribution in [0.4, 0.5) is 0 Å². The molecule has 1 aromatic rings. The highest BCUT2D eigenvalue weighted by Gasteiger charge is 2.31. The Hall–Kier alpha value is -1.88. The number of rotatable bonds is 5. The molecule has 3 rings (SSSR count). The molecule has 5 heteroatoms. The van der Waals surface area contributed by atoms with Crippen molar-refractivity contribution < 1.29 is 14.7 Å². The second kappa shape index (κ2) is 5.85. The lowest BCUT2D eigenvalue weighted by Gasteiger charge is -2.32. The molecule has 1 aliphatic carbocycles. The Bertz CT molecular complexity index is 554. The SMILES string of the molecule is O=C(CN1Cc2ccccc2C(C(=O)O)C1)NCC1CC1. The van der Waals surface area contributed by atoms with Crippen molar-refractivity contribution in [2.24, 2.45) is 5.92 Å². The normalized spacial score (nSPS) is 21.6. The molecule has 1 aliphatic heterocycles. The van der Waals surface area contributed by atoms with Crippen LogP contribution in [0.2, 0.25) is 0 Å². The van der Waals surface area contributed by atoms with Gasteiger partial charge in [0.1, 0.15) is 0 Å². The maximum atomic E-state index is 11.9. The molecule has 0 spiro atoms. The molecule has 1 saturated carbocycles. The van der Waals surface area contributed by atoms with Crippen LogP contribution >= 0.6 is 0 Å². The molecule has 1 heterocycles. The molecule has 0 aromatic heterocycles. The third-order valence-corrected chi connectivity index (χ3v) is 4.22. The van der Waals surface area contributed by atoms with Gasteiger partial charge >= 0.3 is 5.97 Å². The van der Waals surface area contributed by atoms with Crippen molar-refractivity contribution in [1.29, 1.82) is 0 Å². The number of hydrogen-bond acceptors (Lipinski definition) is 3. The lowest BCUT2D eigenvalue weighted by atomic mass is 9.90. The summed E-state index contributed by atoms with van der Waals surface area (Å²) in [5.74, 6) is -0.732. The van der Waals surface area contributed by atoms with E-state index in [1.54, 1.807) is 0 Å². The molecule has 112 valence electrons. The van der Waals surface area contributed by atoms with Crippen LogP contribution in [-0.4, -0.2) is 41.5 Å². The standard InChI is InChI=1S/C16H20N2O3/c19-15(17-7-11-5-6-11)10-18-8-12-3-1-2-4-13(12)14(9-18)16(20)21/h1-4,11,14H,5-10H2,(H,17,19)(H,20,21). The predicted octanol–water partition coefficient (Wildman–Crippen LogP) is 1.20. The van der Waals surface area contributed by atoms with Gasteiger partial charge in [-0.3, -0.25) is 14.5 Å². The Kier molecular flexibility index (Phi) is 3.92. The zero-order valence-corrected chi connectivity index (χ0v) is 11.9. The maximum absolute atomic E-state index is 11.9. The zero-order valence-electron chi connectivity index (χ0n) is 11.9. The fourth-order valence-electron chi connectivity index (χ4n) is 2.85. The number of aliphatic carboxylic acids is 1. The van der Waals surface area contributed by atoms with Crippen molar-refractivity contribution in [3.63, 3.8) is 0 Å². The average molecular weight is 288 g/mol. The predicted molar refractivity (Wildman–Crippen MR) is 77.8 cm³/mol. The molecule has 1 amide bonds. The second-order valence-corrected chi connectivity index (χ2v) is 6.01. The van der Waals surface area contributed by atoms with Gasteiger partial charge < -0.3 is 10.4 Å². The molecule has 0 bridgehead atoms. The van der Waals surface area contributed by atoms with E-state index in [-0.39, 0.29) is 12.5 Å². The summed E-state index contributed by atoms with van der Waals surface area (Å²) in [5.41, 5.74) is 1.88. The molecule has 2 N–H and O–H groups in total. The molecular weight excluding hydrogens is 268 g/mol. The van der Waals surface area contributed by atoms with Crippen LogP contribution in [0.1, 0.15) is 29.9 Å². The van der Waals surface area contributed by atoms with Crippen molar-refractivity contribution in [3.05, 3.63) is 35.4 Å². The number of nitrogens with zero attached hydrogens (tertiary/aromatic N) is 1. The molecule has 1 unspecified atom stereocenters. The summed E-state index contributed by atoms with van der Waals surface area (Å²) in [4.78, 5) is 25.3. The Morgan fingerprint density at radius 2 is 2.05 bits per heavy atom. The number of carbonyl (C=O) groups is 2. The van der Waals surface area contributed by atoms with Gasteiger partial charge in [-0.05, 0) is 29.9 Å². The Morgan fingerprint density at radius 1 is 1.29 bits per heavy atom. The van der Waals surface area contributed by atoms with Gasteiger partial charge in [0.2, 0.25) is 5.91 Å². The minimum atomic E-state index is -0.828. The lowest BCUT2D eigenvalue weighted by Crippen LogP contribution is -2.43. The molecule has 0 radical (unpaired) electrons. The molecule has 2 aliphatic rings. The molecule has 1 aromatic carbocycles. The van der Waals surface area contributed by atoms with Crippen LogP contribution in [0.5, 0.6) is 0 Å². The number of nitrogens with one attached hydrogen (secondary N) is 1. The summed E-state index contributed by atoms with van der Waals surface area (Å²) >= 11 is 0. The van der Waals surface area contributed by atoms with Crippen molar-refractivity contribution in [2.75, 3.05) is 19.6 Å². The van der Waals surface area contributed by atoms with Gasteiger partial charge in [0, 0.05) is 19.6 Å². The Morgan fingerprint density at radius 3 is 2.76 bits per heavy atom. The molecule has 21 heavy (non-hydrogen) atoms. The summed E-state index contributed by atoms with van der Waals surface area (Å²) < 4.78 is 0. The highest BCUT2D eigenvalue weighted by atomic mass is 16.4. The van der Waals surface area contributed by atoms with E-state index in [0.717, 1.165) is 17.7 Å². The Balaban J connectivity index is 1.64. The van der Waals surface area contributed by atoms with Crippen molar-refractivity contribution >= 4 is 11.9 Å². The highest BCUT2D eigenvalue weighted by molar-refractivity contribution is 5.79. The summed E-state index contributed by atoms with van der Waals surface area (Å²) in [6.07, 6.45) is 2.41. The first kappa shape index (κ1) is 14.1. The minimum Gasteiger partial charge on any atom is -0.481 e. The van der Waals surface area contributed by atoms with E-state index in [4.69, 9.17) is 0 Å². The van der Waals surface area contributed by atoms with Gasteiger partial charge in [0.25, 0.3) is 0 Å². The van der Waals surface area contributed by atoms with Gasteiger partial charge in [-0.25, -0.2) is 0 Å². The summed E-state index contributed by atoms with van der Waals surface area (Å²) in [6.45, 7) is 2.05. The zero-order chi connectivity index (χ0) is 14.8. The lowest BCUT2D eigenvalue weighted by molar-refractivity contribution is -0.140. The number of amides is 1. The molecule has 5 nitrogen and oxygen atoms in total. The number of carbonyl (C=O) groups excluding carboxylic acids is 1. The topological polar surface area (TPSA) is 69.6 Å². The van der Waals surface area contributed by atoms with E-state index in [1.807, 2.05) is 29.2 Å². The number of fused-ring (bicyclic) bond motifs is 1. The van der Waals surface area contributed by atoms with E-state index in [1.165, 1.54) is 12.8 Å². The van der Waals surface area contributed by atoms with Gasteiger partial charge in [0.15, 0.2) is 0 Å². The van der Waals surface area contributed by atoms with Gasteiger partial charge in [-0.2, -0.15) is 0 Å². The molecule has 1 fully saturated rings. The van der Waals surface area contributed by atoms with E-state index in [0.29, 0.717) is 19.0 Å². The quantitative estimate of drug-likeness (QED) is 0.854. The molecule has 1 atom stereocenters. The molecule has 0 saturated heterocycles. The van der Waals surface area contributed by atoms with Crippen LogP contribution in [0, 0.1) is 5.92 Å². The van der Waals surface area contributed by atoms with Gasteiger partial charge in [-0.1, -0.05) is 24.3 Å². The van der Waals surface area contributed by atoms with Crippen molar-refractivity contribution in [1.82, 2.24) is 10.2 Å². The van der Waals surface area contributed by atoms with Crippen LogP contribution in [0.15, 0.2) is 24.3 Å². The summed E-state index contributed by atoms with van der Waals surface area (Å²) in [7, 11) is 0. The minimum absolute atomic E-state index is 0.00887. The summed E-state index contributed by atoms with van der Waals surface area (Å²) in [6, 6.07) is 7.60. The van der Waals surface area contributed by atoms with E-state index >= 15 is 0 Å². The number of benzene rings is 1. The van der Waals surface area contributed by atoms with Crippen LogP contribution in [-0.2, 0) is 16.1 Å². The maximum Gasteiger partial charge on any atom is 0.312 e. The van der Waals surface area contributed by atoms with Crippen LogP contribution in [0.25, 0.3) is 0 Å². The monoisotopic (exact) mass is 288 g/mol. The van der Waals surface area contributed by atoms with Crippen molar-refractivity contribution in [3.8, 4) is 0 Å². The summed E-state index contributed by atoms with van der Waals surface area (Å²) in [5, 5.41) is 12.3. The first-order valence-corrected chi connectivity index (χ1v) is 7.43. The first-order valence-electron chi connectivity index (χ1n) is 7.43. The third-order valence-electron chi connectivity index (χ3n) is 4.22.